The summed E-state index contributed by atoms with van der Waals surface area (Å²) in [5.74, 6) is -1.06. The van der Waals surface area contributed by atoms with Crippen molar-refractivity contribution in [3.05, 3.63) is 71.8 Å². The van der Waals surface area contributed by atoms with Crippen LogP contribution in [-0.4, -0.2) is 23.1 Å². The molecule has 1 saturated carbocycles. The maximum Gasteiger partial charge on any atom is 0.338 e. The molecular formula is C21H27ClO4. The van der Waals surface area contributed by atoms with Crippen LogP contribution in [0.15, 0.2) is 60.7 Å². The molecule has 26 heavy (non-hydrogen) atoms. The maximum absolute atomic E-state index is 11.7. The van der Waals surface area contributed by atoms with Gasteiger partial charge in [-0.15, -0.1) is 12.4 Å². The zero-order valence-electron chi connectivity index (χ0n) is 14.0. The van der Waals surface area contributed by atoms with Crippen LogP contribution < -0.4 is 0 Å². The van der Waals surface area contributed by atoms with Crippen molar-refractivity contribution in [1.82, 2.24) is 0 Å². The summed E-state index contributed by atoms with van der Waals surface area (Å²) in [4.78, 5) is 21.9. The highest BCUT2D eigenvalue weighted by molar-refractivity contribution is 5.89. The topological polar surface area (TPSA) is 63.6 Å². The molecule has 1 aliphatic carbocycles. The molecule has 4 nitrogen and oxygen atoms in total. The second-order valence-electron chi connectivity index (χ2n) is 5.70. The van der Waals surface area contributed by atoms with Crippen LogP contribution in [0.4, 0.5) is 0 Å². The highest BCUT2D eigenvalue weighted by Crippen LogP contribution is 2.21. The average Bonchev–Trinajstić information content (AvgIpc) is 2.64. The van der Waals surface area contributed by atoms with E-state index in [-0.39, 0.29) is 31.9 Å². The number of benzene rings is 2. The van der Waals surface area contributed by atoms with E-state index in [1.54, 1.807) is 42.5 Å². The number of rotatable bonds is 3. The first kappa shape index (κ1) is 23.7. The Labute approximate surface area is 161 Å². The quantitative estimate of drug-likeness (QED) is 0.704. The van der Waals surface area contributed by atoms with E-state index in [2.05, 4.69) is 0 Å². The predicted octanol–water partition coefficient (Wildman–Crippen LogP) is 5.62. The van der Waals surface area contributed by atoms with Crippen molar-refractivity contribution in [2.75, 3.05) is 0 Å². The van der Waals surface area contributed by atoms with E-state index >= 15 is 0 Å². The smallest absolute Gasteiger partial charge is 0.338 e. The van der Waals surface area contributed by atoms with Crippen molar-refractivity contribution in [3.8, 4) is 0 Å². The van der Waals surface area contributed by atoms with Gasteiger partial charge < -0.3 is 9.84 Å². The minimum Gasteiger partial charge on any atom is -0.478 e. The number of carbonyl (C=O) groups excluding carboxylic acids is 1. The summed E-state index contributed by atoms with van der Waals surface area (Å²) < 4.78 is 5.44. The Kier molecular flexibility index (Phi) is 11.8. The fraction of sp³-hybridized carbons (Fsp3) is 0.333. The number of hydrogen-bond donors (Lipinski definition) is 1. The molecular weight excluding hydrogens is 352 g/mol. The first-order valence-electron chi connectivity index (χ1n) is 8.21. The number of carboxylic acid groups (broad SMARTS) is 1. The van der Waals surface area contributed by atoms with Crippen molar-refractivity contribution >= 4 is 24.3 Å². The van der Waals surface area contributed by atoms with Crippen molar-refractivity contribution in [3.63, 3.8) is 0 Å². The highest BCUT2D eigenvalue weighted by atomic mass is 35.5. The molecule has 142 valence electrons. The zero-order chi connectivity index (χ0) is 17.2. The molecule has 5 heteroatoms. The number of halogens is 1. The average molecular weight is 379 g/mol. The lowest BCUT2D eigenvalue weighted by Gasteiger charge is -2.21. The van der Waals surface area contributed by atoms with E-state index in [9.17, 15) is 9.59 Å². The monoisotopic (exact) mass is 378 g/mol. The van der Waals surface area contributed by atoms with Crippen LogP contribution in [0, 0.1) is 0 Å². The van der Waals surface area contributed by atoms with Gasteiger partial charge in [0.05, 0.1) is 11.1 Å². The molecule has 0 atom stereocenters. The second-order valence-corrected chi connectivity index (χ2v) is 5.70. The van der Waals surface area contributed by atoms with Crippen LogP contribution in [0.3, 0.4) is 0 Å². The van der Waals surface area contributed by atoms with Crippen LogP contribution in [0.2, 0.25) is 0 Å². The van der Waals surface area contributed by atoms with Gasteiger partial charge in [-0.3, -0.25) is 0 Å². The van der Waals surface area contributed by atoms with Crippen LogP contribution >= 0.6 is 12.4 Å². The summed E-state index contributed by atoms with van der Waals surface area (Å²) in [6, 6.07) is 17.5. The molecule has 1 fully saturated rings. The lowest BCUT2D eigenvalue weighted by molar-refractivity contribution is 0.0211. The molecule has 0 aliphatic heterocycles. The van der Waals surface area contributed by atoms with E-state index in [1.807, 2.05) is 18.2 Å². The van der Waals surface area contributed by atoms with Crippen molar-refractivity contribution < 1.29 is 19.4 Å². The Hall–Kier alpha value is -2.33. The normalized spacial score (nSPS) is 13.1. The minimum atomic E-state index is -0.879. The number of aromatic carboxylic acids is 1. The van der Waals surface area contributed by atoms with Gasteiger partial charge in [0.1, 0.15) is 6.10 Å². The van der Waals surface area contributed by atoms with Gasteiger partial charge in [-0.05, 0) is 49.9 Å². The van der Waals surface area contributed by atoms with Gasteiger partial charge in [0.25, 0.3) is 0 Å². The predicted molar refractivity (Wildman–Crippen MR) is 106 cm³/mol. The molecule has 0 saturated heterocycles. The van der Waals surface area contributed by atoms with Gasteiger partial charge in [0.15, 0.2) is 0 Å². The highest BCUT2D eigenvalue weighted by Gasteiger charge is 2.18. The molecule has 0 bridgehead atoms. The number of carboxylic acids is 1. The molecule has 3 rings (SSSR count). The van der Waals surface area contributed by atoms with E-state index in [1.165, 1.54) is 19.3 Å². The van der Waals surface area contributed by atoms with Gasteiger partial charge >= 0.3 is 11.9 Å². The Morgan fingerprint density at radius 3 is 1.69 bits per heavy atom. The fourth-order valence-electron chi connectivity index (χ4n) is 2.56. The number of carbonyl (C=O) groups is 2. The van der Waals surface area contributed by atoms with E-state index in [0.29, 0.717) is 11.1 Å². The Bertz CT molecular complexity index is 638. The third-order valence-corrected chi connectivity index (χ3v) is 3.86. The van der Waals surface area contributed by atoms with E-state index in [4.69, 9.17) is 9.84 Å². The summed E-state index contributed by atoms with van der Waals surface area (Å²) in [6.07, 6.45) is 5.85. The second kappa shape index (κ2) is 13.0. The van der Waals surface area contributed by atoms with Crippen LogP contribution in [-0.2, 0) is 4.74 Å². The number of ether oxygens (including phenoxy) is 1. The summed E-state index contributed by atoms with van der Waals surface area (Å²) in [5.41, 5.74) is 0.987. The first-order chi connectivity index (χ1) is 11.7. The molecule has 2 aromatic rings. The van der Waals surface area contributed by atoms with Gasteiger partial charge in [0.2, 0.25) is 0 Å². The van der Waals surface area contributed by atoms with Gasteiger partial charge in [-0.2, -0.15) is 0 Å². The third kappa shape index (κ3) is 8.17. The SMILES string of the molecule is C.Cl.O=C(O)c1ccccc1.O=C(OC1CCCCC1)c1ccccc1. The Balaban J connectivity index is 0.000000496. The van der Waals surface area contributed by atoms with Gasteiger partial charge in [0, 0.05) is 0 Å². The molecule has 0 heterocycles. The van der Waals surface area contributed by atoms with Crippen molar-refractivity contribution in [2.24, 2.45) is 0 Å². The summed E-state index contributed by atoms with van der Waals surface area (Å²) in [7, 11) is 0. The largest absolute Gasteiger partial charge is 0.478 e. The van der Waals surface area contributed by atoms with Crippen molar-refractivity contribution in [2.45, 2.75) is 45.6 Å². The van der Waals surface area contributed by atoms with E-state index < -0.39 is 5.97 Å². The van der Waals surface area contributed by atoms with Gasteiger partial charge in [-0.25, -0.2) is 9.59 Å². The molecule has 0 unspecified atom stereocenters. The number of hydrogen-bond acceptors (Lipinski definition) is 3. The standard InChI is InChI=1S/C13H16O2.C7H6O2.CH4.ClH/c14-13(11-7-3-1-4-8-11)15-12-9-5-2-6-10-12;8-7(9)6-4-2-1-3-5-6;;/h1,3-4,7-8,12H,2,5-6,9-10H2;1-5H,(H,8,9);1H4;1H. The van der Waals surface area contributed by atoms with Crippen LogP contribution in [0.5, 0.6) is 0 Å². The van der Waals surface area contributed by atoms with E-state index in [0.717, 1.165) is 12.8 Å². The van der Waals surface area contributed by atoms with Crippen LogP contribution in [0.25, 0.3) is 0 Å². The fourth-order valence-corrected chi connectivity index (χ4v) is 2.56. The lowest BCUT2D eigenvalue weighted by atomic mass is 9.98. The molecule has 2 aromatic carbocycles. The molecule has 1 aliphatic rings. The maximum atomic E-state index is 11.7. The third-order valence-electron chi connectivity index (χ3n) is 3.86. The first-order valence-corrected chi connectivity index (χ1v) is 8.21. The Morgan fingerprint density at radius 2 is 1.27 bits per heavy atom. The molecule has 1 N–H and O–H groups in total. The zero-order valence-corrected chi connectivity index (χ0v) is 14.8. The lowest BCUT2D eigenvalue weighted by Crippen LogP contribution is -2.20. The molecule has 0 aromatic heterocycles. The summed E-state index contributed by atoms with van der Waals surface area (Å²) in [5, 5.41) is 8.38. The van der Waals surface area contributed by atoms with Gasteiger partial charge in [-0.1, -0.05) is 50.2 Å². The number of esters is 1. The summed E-state index contributed by atoms with van der Waals surface area (Å²) >= 11 is 0. The molecule has 0 radical (unpaired) electrons. The van der Waals surface area contributed by atoms with Crippen LogP contribution in [0.1, 0.15) is 60.2 Å². The summed E-state index contributed by atoms with van der Waals surface area (Å²) in [6.45, 7) is 0. The minimum absolute atomic E-state index is 0. The Morgan fingerprint density at radius 1 is 0.808 bits per heavy atom. The molecule has 0 amide bonds. The van der Waals surface area contributed by atoms with Crippen molar-refractivity contribution in [1.29, 1.82) is 0 Å². The molecule has 0 spiro atoms.